The fourth-order valence-corrected chi connectivity index (χ4v) is 5.83. The number of alkyl halides is 3. The molecule has 2 amide bonds. The number of pyridine rings is 1. The number of benzene rings is 1. The summed E-state index contributed by atoms with van der Waals surface area (Å²) in [5, 5.41) is 5.50. The second kappa shape index (κ2) is 12.9. The molecule has 14 heteroatoms. The quantitative estimate of drug-likeness (QED) is 0.313. The highest BCUT2D eigenvalue weighted by Crippen LogP contribution is 2.39. The molecule has 5 rings (SSSR count). The van der Waals surface area contributed by atoms with Gasteiger partial charge in [0, 0.05) is 47.8 Å². The predicted octanol–water partition coefficient (Wildman–Crippen LogP) is 4.78. The van der Waals surface area contributed by atoms with Gasteiger partial charge in [0.1, 0.15) is 19.0 Å². The lowest BCUT2D eigenvalue weighted by molar-refractivity contribution is -0.135. The third-order valence-corrected chi connectivity index (χ3v) is 8.01. The summed E-state index contributed by atoms with van der Waals surface area (Å²) in [7, 11) is 0. The Balaban J connectivity index is 1.17. The van der Waals surface area contributed by atoms with Gasteiger partial charge in [-0.1, -0.05) is 11.6 Å². The molecule has 236 valence electrons. The molecule has 44 heavy (non-hydrogen) atoms. The Labute approximate surface area is 257 Å². The zero-order valence-corrected chi connectivity index (χ0v) is 25.1. The third kappa shape index (κ3) is 7.74. The molecule has 2 fully saturated rings. The second-order valence-electron chi connectivity index (χ2n) is 11.5. The van der Waals surface area contributed by atoms with Crippen molar-refractivity contribution in [2.45, 2.75) is 76.0 Å². The van der Waals surface area contributed by atoms with Crippen LogP contribution in [0.1, 0.15) is 49.9 Å². The van der Waals surface area contributed by atoms with Gasteiger partial charge in [-0.2, -0.15) is 13.2 Å². The molecule has 2 atom stereocenters. The number of hydrogen-bond acceptors (Lipinski definition) is 7. The van der Waals surface area contributed by atoms with Crippen LogP contribution in [-0.2, 0) is 11.3 Å². The Morgan fingerprint density at radius 2 is 1.84 bits per heavy atom. The summed E-state index contributed by atoms with van der Waals surface area (Å²) >= 11 is 6.20. The van der Waals surface area contributed by atoms with Crippen LogP contribution in [0.3, 0.4) is 0 Å². The van der Waals surface area contributed by atoms with Crippen molar-refractivity contribution in [2.75, 3.05) is 18.1 Å². The number of rotatable bonds is 11. The highest BCUT2D eigenvalue weighted by molar-refractivity contribution is 6.30. The van der Waals surface area contributed by atoms with Crippen LogP contribution in [0.4, 0.5) is 19.0 Å². The summed E-state index contributed by atoms with van der Waals surface area (Å²) in [6, 6.07) is 8.31. The first-order chi connectivity index (χ1) is 20.9. The molecule has 2 saturated heterocycles. The summed E-state index contributed by atoms with van der Waals surface area (Å²) in [4.78, 5) is 36.1. The number of piperidine rings is 1. The fraction of sp³-hybridized carbons (Fsp3) is 0.467. The summed E-state index contributed by atoms with van der Waals surface area (Å²) in [5.74, 6) is 0.392. The van der Waals surface area contributed by atoms with E-state index in [9.17, 15) is 22.8 Å². The molecule has 4 heterocycles. The number of ether oxygens (including phenoxy) is 2. The first-order valence-electron chi connectivity index (χ1n) is 14.4. The highest BCUT2D eigenvalue weighted by Gasteiger charge is 2.43. The zero-order valence-electron chi connectivity index (χ0n) is 24.3. The average molecular weight is 635 g/mol. The molecule has 0 radical (unpaired) electrons. The molecule has 0 aliphatic carbocycles. The molecule has 2 bridgehead atoms. The average Bonchev–Trinajstić information content (AvgIpc) is 3.58. The number of carbonyl (C=O) groups is 2. The van der Waals surface area contributed by atoms with E-state index in [0.717, 1.165) is 12.8 Å². The van der Waals surface area contributed by atoms with Gasteiger partial charge in [-0.3, -0.25) is 9.59 Å². The minimum atomic E-state index is -4.49. The lowest BCUT2D eigenvalue weighted by Crippen LogP contribution is -2.55. The van der Waals surface area contributed by atoms with E-state index >= 15 is 0 Å². The number of aromatic nitrogens is 3. The smallest absolute Gasteiger partial charge is 0.405 e. The van der Waals surface area contributed by atoms with E-state index in [1.54, 1.807) is 50.6 Å². The minimum absolute atomic E-state index is 0.0576. The van der Waals surface area contributed by atoms with Gasteiger partial charge in [-0.05, 0) is 63.8 Å². The van der Waals surface area contributed by atoms with E-state index in [0.29, 0.717) is 48.3 Å². The van der Waals surface area contributed by atoms with E-state index in [2.05, 4.69) is 20.2 Å². The van der Waals surface area contributed by atoms with Gasteiger partial charge in [0.25, 0.3) is 11.8 Å². The number of imidazole rings is 1. The van der Waals surface area contributed by atoms with Crippen molar-refractivity contribution in [3.8, 4) is 11.5 Å². The number of nitrogens with zero attached hydrogens (tertiary/aromatic N) is 4. The van der Waals surface area contributed by atoms with Crippen LogP contribution >= 0.6 is 11.6 Å². The maximum atomic E-state index is 13.4. The van der Waals surface area contributed by atoms with Gasteiger partial charge in [0.05, 0.1) is 18.4 Å². The lowest BCUT2D eigenvalue weighted by Gasteiger charge is -2.40. The molecule has 2 N–H and O–H groups in total. The molecule has 3 aromatic rings. The van der Waals surface area contributed by atoms with Gasteiger partial charge in [-0.15, -0.1) is 0 Å². The van der Waals surface area contributed by atoms with Gasteiger partial charge in [-0.25, -0.2) is 9.97 Å². The standard InChI is InChI=1S/C30H34ClF3N6O4/c1-29(2,44-24-7-4-20(31)13-25(24)43-12-11-39-10-9-35-18-39)28(42)38-21-14-22-5-6-23(15-21)40(22)26-8-3-19(16-36-26)27(41)37-17-30(32,33)34/h3-4,7-10,13,16,18,21-23H,5-6,11-12,14-15,17H2,1-2H3,(H,37,41)(H,38,42). The van der Waals surface area contributed by atoms with Crippen molar-refractivity contribution < 1.29 is 32.2 Å². The molecule has 2 unspecified atom stereocenters. The van der Waals surface area contributed by atoms with E-state index in [1.807, 2.05) is 16.1 Å². The van der Waals surface area contributed by atoms with Crippen LogP contribution in [0.2, 0.25) is 5.02 Å². The van der Waals surface area contributed by atoms with E-state index in [1.165, 1.54) is 12.3 Å². The Morgan fingerprint density at radius 1 is 1.09 bits per heavy atom. The third-order valence-electron chi connectivity index (χ3n) is 7.78. The van der Waals surface area contributed by atoms with Crippen LogP contribution in [-0.4, -0.2) is 69.4 Å². The summed E-state index contributed by atoms with van der Waals surface area (Å²) in [6.45, 7) is 2.93. The molecule has 0 saturated carbocycles. The fourth-order valence-electron chi connectivity index (χ4n) is 5.66. The molecule has 2 aromatic heterocycles. The number of amides is 2. The number of hydrogen-bond donors (Lipinski definition) is 2. The van der Waals surface area contributed by atoms with Gasteiger partial charge < -0.3 is 29.6 Å². The molecular weight excluding hydrogens is 601 g/mol. The SMILES string of the molecule is CC(C)(Oc1ccc(Cl)cc1OCCn1ccnc1)C(=O)NC1CC2CCC(C1)N2c1ccc(C(=O)NCC(F)(F)F)cn1. The molecule has 10 nitrogen and oxygen atoms in total. The first kappa shape index (κ1) is 31.4. The number of anilines is 1. The maximum absolute atomic E-state index is 13.4. The van der Waals surface area contributed by atoms with Crippen molar-refractivity contribution in [1.82, 2.24) is 25.2 Å². The number of nitrogens with one attached hydrogen (secondary N) is 2. The Morgan fingerprint density at radius 3 is 2.48 bits per heavy atom. The van der Waals surface area contributed by atoms with Crippen molar-refractivity contribution in [3.05, 3.63) is 65.8 Å². The summed E-state index contributed by atoms with van der Waals surface area (Å²) in [5.41, 5.74) is -1.15. The first-order valence-corrected chi connectivity index (χ1v) is 14.7. The van der Waals surface area contributed by atoms with Gasteiger partial charge >= 0.3 is 6.18 Å². The number of carbonyl (C=O) groups excluding carboxylic acids is 2. The predicted molar refractivity (Wildman–Crippen MR) is 157 cm³/mol. The second-order valence-corrected chi connectivity index (χ2v) is 11.9. The summed E-state index contributed by atoms with van der Waals surface area (Å²) < 4.78 is 51.3. The van der Waals surface area contributed by atoms with Crippen LogP contribution in [0.25, 0.3) is 0 Å². The van der Waals surface area contributed by atoms with Crippen molar-refractivity contribution >= 4 is 29.2 Å². The molecule has 0 spiro atoms. The van der Waals surface area contributed by atoms with Crippen molar-refractivity contribution in [2.24, 2.45) is 0 Å². The number of fused-ring (bicyclic) bond motifs is 2. The molecule has 2 aliphatic rings. The Kier molecular flexibility index (Phi) is 9.23. The minimum Gasteiger partial charge on any atom is -0.488 e. The highest BCUT2D eigenvalue weighted by atomic mass is 35.5. The largest absolute Gasteiger partial charge is 0.488 e. The van der Waals surface area contributed by atoms with Crippen LogP contribution in [0, 0.1) is 0 Å². The summed E-state index contributed by atoms with van der Waals surface area (Å²) in [6.07, 6.45) is 5.23. The van der Waals surface area contributed by atoms with E-state index < -0.39 is 24.2 Å². The molecule has 2 aliphatic heterocycles. The van der Waals surface area contributed by atoms with Crippen molar-refractivity contribution in [3.63, 3.8) is 0 Å². The number of halogens is 4. The monoisotopic (exact) mass is 634 g/mol. The molecule has 1 aromatic carbocycles. The maximum Gasteiger partial charge on any atom is 0.405 e. The van der Waals surface area contributed by atoms with Gasteiger partial charge in [0.2, 0.25) is 0 Å². The van der Waals surface area contributed by atoms with E-state index in [4.69, 9.17) is 21.1 Å². The van der Waals surface area contributed by atoms with Crippen LogP contribution in [0.5, 0.6) is 11.5 Å². The normalized spacial score (nSPS) is 19.9. The molecular formula is C30H34ClF3N6O4. The zero-order chi connectivity index (χ0) is 31.5. The van der Waals surface area contributed by atoms with E-state index in [-0.39, 0.29) is 29.6 Å². The van der Waals surface area contributed by atoms with Crippen LogP contribution in [0.15, 0.2) is 55.2 Å². The lowest BCUT2D eigenvalue weighted by atomic mass is 9.96. The topological polar surface area (TPSA) is 111 Å². The Bertz CT molecular complexity index is 1440. The van der Waals surface area contributed by atoms with Gasteiger partial charge in [0.15, 0.2) is 17.1 Å². The van der Waals surface area contributed by atoms with Crippen LogP contribution < -0.4 is 25.0 Å². The Hall–Kier alpha value is -4.00. The van der Waals surface area contributed by atoms with Crippen molar-refractivity contribution in [1.29, 1.82) is 0 Å².